The molecule has 110 valence electrons. The third-order valence-electron chi connectivity index (χ3n) is 3.56. The maximum atomic E-state index is 12.2. The van der Waals surface area contributed by atoms with Crippen LogP contribution in [0.4, 0.5) is 0 Å². The van der Waals surface area contributed by atoms with Gasteiger partial charge in [0.25, 0.3) is 5.91 Å². The standard InChI is InChI=1S/C14H19NO5/c1-18-9-10-5-6-11(20-10)12(16)15-14(13(17)19-2)7-3-4-8-14/h5-6H,3-4,7-9H2,1-2H3,(H,15,16). The molecule has 6 heteroatoms. The van der Waals surface area contributed by atoms with E-state index in [1.54, 1.807) is 19.2 Å². The van der Waals surface area contributed by atoms with Gasteiger partial charge in [0.2, 0.25) is 0 Å². The summed E-state index contributed by atoms with van der Waals surface area (Å²) in [4.78, 5) is 24.1. The maximum Gasteiger partial charge on any atom is 0.331 e. The third kappa shape index (κ3) is 2.85. The van der Waals surface area contributed by atoms with E-state index in [2.05, 4.69) is 5.32 Å². The van der Waals surface area contributed by atoms with Crippen LogP contribution < -0.4 is 5.32 Å². The number of carbonyl (C=O) groups excluding carboxylic acids is 2. The molecular formula is C14H19NO5. The highest BCUT2D eigenvalue weighted by Crippen LogP contribution is 2.31. The van der Waals surface area contributed by atoms with Crippen molar-refractivity contribution in [1.82, 2.24) is 5.32 Å². The van der Waals surface area contributed by atoms with Crippen molar-refractivity contribution in [2.24, 2.45) is 0 Å². The molecule has 0 radical (unpaired) electrons. The van der Waals surface area contributed by atoms with E-state index in [4.69, 9.17) is 13.9 Å². The zero-order valence-electron chi connectivity index (χ0n) is 11.7. The highest BCUT2D eigenvalue weighted by Gasteiger charge is 2.44. The quantitative estimate of drug-likeness (QED) is 0.830. The van der Waals surface area contributed by atoms with E-state index in [0.717, 1.165) is 12.8 Å². The number of esters is 1. The molecule has 1 amide bonds. The molecule has 0 unspecified atom stereocenters. The molecule has 1 aliphatic carbocycles. The van der Waals surface area contributed by atoms with Gasteiger partial charge in [-0.25, -0.2) is 4.79 Å². The molecule has 2 rings (SSSR count). The van der Waals surface area contributed by atoms with E-state index >= 15 is 0 Å². The number of rotatable bonds is 5. The molecule has 1 saturated carbocycles. The molecule has 0 bridgehead atoms. The Bertz CT molecular complexity index is 488. The second-order valence-electron chi connectivity index (χ2n) is 4.93. The predicted molar refractivity (Wildman–Crippen MR) is 70.1 cm³/mol. The minimum atomic E-state index is -0.917. The number of ether oxygens (including phenoxy) is 2. The van der Waals surface area contributed by atoms with E-state index < -0.39 is 17.4 Å². The van der Waals surface area contributed by atoms with Crippen LogP contribution in [-0.4, -0.2) is 31.6 Å². The molecular weight excluding hydrogens is 262 g/mol. The van der Waals surface area contributed by atoms with Crippen LogP contribution >= 0.6 is 0 Å². The molecule has 0 atom stereocenters. The number of methoxy groups -OCH3 is 2. The Morgan fingerprint density at radius 3 is 2.60 bits per heavy atom. The van der Waals surface area contributed by atoms with E-state index in [0.29, 0.717) is 25.2 Å². The van der Waals surface area contributed by atoms with Crippen molar-refractivity contribution >= 4 is 11.9 Å². The summed E-state index contributed by atoms with van der Waals surface area (Å²) < 4.78 is 15.1. The number of carbonyl (C=O) groups is 2. The summed E-state index contributed by atoms with van der Waals surface area (Å²) >= 11 is 0. The normalized spacial score (nSPS) is 16.9. The van der Waals surface area contributed by atoms with Gasteiger partial charge in [0.15, 0.2) is 5.76 Å². The second-order valence-corrected chi connectivity index (χ2v) is 4.93. The van der Waals surface area contributed by atoms with Crippen molar-refractivity contribution in [3.63, 3.8) is 0 Å². The molecule has 6 nitrogen and oxygen atoms in total. The van der Waals surface area contributed by atoms with Crippen molar-refractivity contribution in [2.75, 3.05) is 14.2 Å². The Morgan fingerprint density at radius 1 is 1.30 bits per heavy atom. The first-order valence-electron chi connectivity index (χ1n) is 6.60. The van der Waals surface area contributed by atoms with Crippen LogP contribution in [0.1, 0.15) is 42.0 Å². The number of hydrogen-bond donors (Lipinski definition) is 1. The summed E-state index contributed by atoms with van der Waals surface area (Å²) in [7, 11) is 2.88. The van der Waals surface area contributed by atoms with E-state index in [-0.39, 0.29) is 5.76 Å². The summed E-state index contributed by atoms with van der Waals surface area (Å²) in [6.07, 6.45) is 2.97. The molecule has 1 heterocycles. The van der Waals surface area contributed by atoms with Crippen LogP contribution in [-0.2, 0) is 20.9 Å². The topological polar surface area (TPSA) is 77.8 Å². The Morgan fingerprint density at radius 2 is 2.00 bits per heavy atom. The summed E-state index contributed by atoms with van der Waals surface area (Å²) in [5.74, 6) is -0.0601. The van der Waals surface area contributed by atoms with Gasteiger partial charge < -0.3 is 19.2 Å². The molecule has 20 heavy (non-hydrogen) atoms. The molecule has 1 aromatic rings. The van der Waals surface area contributed by atoms with E-state index in [1.165, 1.54) is 7.11 Å². The summed E-state index contributed by atoms with van der Waals surface area (Å²) in [5.41, 5.74) is -0.917. The van der Waals surface area contributed by atoms with Gasteiger partial charge in [-0.3, -0.25) is 4.79 Å². The van der Waals surface area contributed by atoms with Crippen LogP contribution in [0, 0.1) is 0 Å². The van der Waals surface area contributed by atoms with E-state index in [1.807, 2.05) is 0 Å². The number of furan rings is 1. The number of amides is 1. The van der Waals surface area contributed by atoms with Crippen molar-refractivity contribution < 1.29 is 23.5 Å². The highest BCUT2D eigenvalue weighted by atomic mass is 16.5. The smallest absolute Gasteiger partial charge is 0.331 e. The van der Waals surface area contributed by atoms with Crippen LogP contribution in [0.25, 0.3) is 0 Å². The summed E-state index contributed by atoms with van der Waals surface area (Å²) in [6, 6.07) is 3.25. The molecule has 1 aromatic heterocycles. The van der Waals surface area contributed by atoms with Gasteiger partial charge in [0.1, 0.15) is 17.9 Å². The van der Waals surface area contributed by atoms with Crippen LogP contribution in [0.5, 0.6) is 0 Å². The Balaban J connectivity index is 2.10. The van der Waals surface area contributed by atoms with Crippen molar-refractivity contribution in [1.29, 1.82) is 0 Å². The Labute approximate surface area is 117 Å². The molecule has 1 N–H and O–H groups in total. The highest BCUT2D eigenvalue weighted by molar-refractivity contribution is 5.96. The largest absolute Gasteiger partial charge is 0.467 e. The van der Waals surface area contributed by atoms with Crippen molar-refractivity contribution in [3.05, 3.63) is 23.7 Å². The predicted octanol–water partition coefficient (Wildman–Crippen LogP) is 1.64. The summed E-state index contributed by atoms with van der Waals surface area (Å²) in [5, 5.41) is 2.77. The van der Waals surface area contributed by atoms with Crippen LogP contribution in [0.15, 0.2) is 16.5 Å². The number of hydrogen-bond acceptors (Lipinski definition) is 5. The average molecular weight is 281 g/mol. The fourth-order valence-corrected chi connectivity index (χ4v) is 2.55. The zero-order chi connectivity index (χ0) is 14.6. The minimum absolute atomic E-state index is 0.173. The summed E-state index contributed by atoms with van der Waals surface area (Å²) in [6.45, 7) is 0.301. The molecule has 0 saturated heterocycles. The van der Waals surface area contributed by atoms with Crippen molar-refractivity contribution in [2.45, 2.75) is 37.8 Å². The third-order valence-corrected chi connectivity index (χ3v) is 3.56. The molecule has 1 aliphatic rings. The molecule has 0 aromatic carbocycles. The Hall–Kier alpha value is -1.82. The average Bonchev–Trinajstić information content (AvgIpc) is 3.08. The van der Waals surface area contributed by atoms with E-state index in [9.17, 15) is 9.59 Å². The van der Waals surface area contributed by atoms with Gasteiger partial charge in [-0.2, -0.15) is 0 Å². The first kappa shape index (κ1) is 14.6. The van der Waals surface area contributed by atoms with Gasteiger partial charge in [-0.1, -0.05) is 12.8 Å². The second kappa shape index (κ2) is 6.09. The van der Waals surface area contributed by atoms with Crippen LogP contribution in [0.2, 0.25) is 0 Å². The van der Waals surface area contributed by atoms with Gasteiger partial charge in [0, 0.05) is 7.11 Å². The lowest BCUT2D eigenvalue weighted by atomic mass is 9.97. The lowest BCUT2D eigenvalue weighted by Gasteiger charge is -2.26. The first-order valence-corrected chi connectivity index (χ1v) is 6.60. The molecule has 0 aliphatic heterocycles. The van der Waals surface area contributed by atoms with Gasteiger partial charge in [0.05, 0.1) is 7.11 Å². The SMILES string of the molecule is COCc1ccc(C(=O)NC2(C(=O)OC)CCCC2)o1. The van der Waals surface area contributed by atoms with Gasteiger partial charge >= 0.3 is 5.97 Å². The van der Waals surface area contributed by atoms with Crippen molar-refractivity contribution in [3.8, 4) is 0 Å². The van der Waals surface area contributed by atoms with Gasteiger partial charge in [-0.15, -0.1) is 0 Å². The van der Waals surface area contributed by atoms with Crippen LogP contribution in [0.3, 0.4) is 0 Å². The lowest BCUT2D eigenvalue weighted by Crippen LogP contribution is -2.53. The first-order chi connectivity index (χ1) is 9.61. The fraction of sp³-hybridized carbons (Fsp3) is 0.571. The number of nitrogens with one attached hydrogen (secondary N) is 1. The zero-order valence-corrected chi connectivity index (χ0v) is 11.7. The molecule has 1 fully saturated rings. The van der Waals surface area contributed by atoms with Gasteiger partial charge in [-0.05, 0) is 25.0 Å². The fourth-order valence-electron chi connectivity index (χ4n) is 2.55. The minimum Gasteiger partial charge on any atom is -0.467 e. The Kier molecular flexibility index (Phi) is 4.44. The lowest BCUT2D eigenvalue weighted by molar-refractivity contribution is -0.148. The monoisotopic (exact) mass is 281 g/mol. The maximum absolute atomic E-state index is 12.2. The molecule has 0 spiro atoms.